The maximum atomic E-state index is 13.2. The van der Waals surface area contributed by atoms with Crippen molar-refractivity contribution in [2.45, 2.75) is 30.4 Å². The molecule has 1 aromatic rings. The molecule has 1 aliphatic rings. The zero-order valence-corrected chi connectivity index (χ0v) is 12.0. The number of thioether (sulfide) groups is 1. The Bertz CT molecular complexity index is 433. The summed E-state index contributed by atoms with van der Waals surface area (Å²) in [6, 6.07) is 2.83. The number of hydrogen-bond acceptors (Lipinski definition) is 3. The number of nitrogens with two attached hydrogens (primary N) is 1. The summed E-state index contributed by atoms with van der Waals surface area (Å²) in [5.74, 6) is -0.472. The third-order valence-corrected chi connectivity index (χ3v) is 5.35. The van der Waals surface area contributed by atoms with Gasteiger partial charge in [-0.2, -0.15) is 11.8 Å². The van der Waals surface area contributed by atoms with Gasteiger partial charge in [-0.05, 0) is 25.2 Å². The van der Waals surface area contributed by atoms with Crippen molar-refractivity contribution in [3.8, 4) is 0 Å². The zero-order valence-electron chi connectivity index (χ0n) is 10.4. The second kappa shape index (κ2) is 5.57. The van der Waals surface area contributed by atoms with E-state index in [1.807, 2.05) is 11.8 Å². The highest BCUT2D eigenvalue weighted by atomic mass is 35.5. The van der Waals surface area contributed by atoms with E-state index >= 15 is 0 Å². The summed E-state index contributed by atoms with van der Waals surface area (Å²) >= 11 is 7.68. The molecule has 0 heterocycles. The molecule has 2 rings (SSSR count). The monoisotopic (exact) mass is 288 g/mol. The molecule has 0 amide bonds. The first-order valence-corrected chi connectivity index (χ1v) is 7.70. The molecule has 18 heavy (non-hydrogen) atoms. The molecule has 1 fully saturated rings. The summed E-state index contributed by atoms with van der Waals surface area (Å²) in [6.07, 6.45) is 7.14. The fourth-order valence-electron chi connectivity index (χ4n) is 2.44. The second-order valence-electron chi connectivity index (χ2n) is 4.80. The first-order chi connectivity index (χ1) is 8.56. The minimum Gasteiger partial charge on any atom is -0.397 e. The van der Waals surface area contributed by atoms with Crippen molar-refractivity contribution in [3.63, 3.8) is 0 Å². The third kappa shape index (κ3) is 2.86. The van der Waals surface area contributed by atoms with Crippen molar-refractivity contribution in [1.82, 2.24) is 0 Å². The Morgan fingerprint density at radius 1 is 1.44 bits per heavy atom. The van der Waals surface area contributed by atoms with Crippen molar-refractivity contribution >= 4 is 34.7 Å². The van der Waals surface area contributed by atoms with Gasteiger partial charge in [0, 0.05) is 17.4 Å². The largest absolute Gasteiger partial charge is 0.397 e. The van der Waals surface area contributed by atoms with Gasteiger partial charge >= 0.3 is 0 Å². The predicted molar refractivity (Wildman–Crippen MR) is 79.0 cm³/mol. The fraction of sp³-hybridized carbons (Fsp3) is 0.538. The van der Waals surface area contributed by atoms with Gasteiger partial charge in [-0.1, -0.05) is 24.4 Å². The minimum absolute atomic E-state index is 0.108. The van der Waals surface area contributed by atoms with E-state index in [1.54, 1.807) is 6.07 Å². The Morgan fingerprint density at radius 3 is 2.72 bits per heavy atom. The van der Waals surface area contributed by atoms with Crippen LogP contribution in [0.2, 0.25) is 5.02 Å². The molecule has 3 N–H and O–H groups in total. The maximum absolute atomic E-state index is 13.2. The van der Waals surface area contributed by atoms with E-state index in [4.69, 9.17) is 17.3 Å². The minimum atomic E-state index is -0.472. The topological polar surface area (TPSA) is 38.0 Å². The standard InChI is InChI=1S/C13H18ClFN2S/c1-18-13(4-2-3-5-13)8-17-12-6-9(14)10(15)7-11(12)16/h6-7,17H,2-5,8,16H2,1H3. The molecule has 0 radical (unpaired) electrons. The van der Waals surface area contributed by atoms with Crippen molar-refractivity contribution in [1.29, 1.82) is 0 Å². The lowest BCUT2D eigenvalue weighted by atomic mass is 10.1. The summed E-state index contributed by atoms with van der Waals surface area (Å²) in [5, 5.41) is 3.43. The Labute approximate surface area is 116 Å². The molecule has 0 unspecified atom stereocenters. The zero-order chi connectivity index (χ0) is 13.2. The van der Waals surface area contributed by atoms with E-state index in [9.17, 15) is 4.39 Å². The van der Waals surface area contributed by atoms with Crippen LogP contribution in [0.4, 0.5) is 15.8 Å². The van der Waals surface area contributed by atoms with Gasteiger partial charge in [0.2, 0.25) is 0 Å². The molecule has 0 saturated heterocycles. The lowest BCUT2D eigenvalue weighted by Crippen LogP contribution is -2.30. The summed E-state index contributed by atoms with van der Waals surface area (Å²) in [4.78, 5) is 0. The number of rotatable bonds is 4. The number of halogens is 2. The summed E-state index contributed by atoms with van der Waals surface area (Å²) in [7, 11) is 0. The average molecular weight is 289 g/mol. The number of nitrogen functional groups attached to an aromatic ring is 1. The fourth-order valence-corrected chi connectivity index (χ4v) is 3.52. The summed E-state index contributed by atoms with van der Waals surface area (Å²) < 4.78 is 13.5. The normalized spacial score (nSPS) is 17.9. The van der Waals surface area contributed by atoms with Crippen molar-refractivity contribution in [2.75, 3.05) is 23.9 Å². The van der Waals surface area contributed by atoms with E-state index in [0.717, 1.165) is 12.2 Å². The highest BCUT2D eigenvalue weighted by Crippen LogP contribution is 2.40. The highest BCUT2D eigenvalue weighted by Gasteiger charge is 2.32. The van der Waals surface area contributed by atoms with Crippen LogP contribution in [0, 0.1) is 5.82 Å². The van der Waals surface area contributed by atoms with Crippen molar-refractivity contribution < 1.29 is 4.39 Å². The molecule has 0 aromatic heterocycles. The number of nitrogens with one attached hydrogen (secondary N) is 1. The molecule has 0 spiro atoms. The molecule has 5 heteroatoms. The van der Waals surface area contributed by atoms with E-state index in [0.29, 0.717) is 5.69 Å². The Kier molecular flexibility index (Phi) is 4.28. The molecule has 1 aliphatic carbocycles. The molecule has 0 atom stereocenters. The Morgan fingerprint density at radius 2 is 2.11 bits per heavy atom. The van der Waals surface area contributed by atoms with Gasteiger partial charge in [0.1, 0.15) is 5.82 Å². The quantitative estimate of drug-likeness (QED) is 0.818. The maximum Gasteiger partial charge on any atom is 0.143 e. The number of benzene rings is 1. The molecular weight excluding hydrogens is 271 g/mol. The van der Waals surface area contributed by atoms with Crippen LogP contribution in [-0.4, -0.2) is 17.5 Å². The van der Waals surface area contributed by atoms with Crippen molar-refractivity contribution in [3.05, 3.63) is 23.0 Å². The van der Waals surface area contributed by atoms with Crippen molar-refractivity contribution in [2.24, 2.45) is 0 Å². The first-order valence-electron chi connectivity index (χ1n) is 6.10. The van der Waals surface area contributed by atoms with Gasteiger partial charge in [0.15, 0.2) is 0 Å². The molecular formula is C13H18ClFN2S. The van der Waals surface area contributed by atoms with E-state index in [2.05, 4.69) is 11.6 Å². The van der Waals surface area contributed by atoms with Crippen LogP contribution in [0.1, 0.15) is 25.7 Å². The summed E-state index contributed by atoms with van der Waals surface area (Å²) in [6.45, 7) is 0.848. The van der Waals surface area contributed by atoms with Gasteiger partial charge in [-0.15, -0.1) is 0 Å². The Balaban J connectivity index is 2.08. The van der Waals surface area contributed by atoms with E-state index in [1.165, 1.54) is 31.7 Å². The van der Waals surface area contributed by atoms with Gasteiger partial charge in [-0.3, -0.25) is 0 Å². The van der Waals surface area contributed by atoms with Gasteiger partial charge < -0.3 is 11.1 Å². The van der Waals surface area contributed by atoms with Gasteiger partial charge in [0.05, 0.1) is 16.4 Å². The molecule has 1 aromatic carbocycles. The van der Waals surface area contributed by atoms with E-state index in [-0.39, 0.29) is 9.77 Å². The van der Waals surface area contributed by atoms with Gasteiger partial charge in [-0.25, -0.2) is 4.39 Å². The van der Waals surface area contributed by atoms with Crippen LogP contribution < -0.4 is 11.1 Å². The molecule has 0 aliphatic heterocycles. The predicted octanol–water partition coefficient (Wildman–Crippen LogP) is 4.15. The van der Waals surface area contributed by atoms with Crippen LogP contribution in [0.25, 0.3) is 0 Å². The summed E-state index contributed by atoms with van der Waals surface area (Å²) in [5.41, 5.74) is 6.92. The van der Waals surface area contributed by atoms with Crippen LogP contribution in [0.5, 0.6) is 0 Å². The average Bonchev–Trinajstić information content (AvgIpc) is 2.82. The van der Waals surface area contributed by atoms with Gasteiger partial charge in [0.25, 0.3) is 0 Å². The number of hydrogen-bond donors (Lipinski definition) is 2. The molecule has 2 nitrogen and oxygen atoms in total. The molecule has 100 valence electrons. The van der Waals surface area contributed by atoms with E-state index < -0.39 is 5.82 Å². The Hall–Kier alpha value is -0.610. The SMILES string of the molecule is CSC1(CNc2cc(Cl)c(F)cc2N)CCCC1. The first kappa shape index (κ1) is 13.8. The van der Waals surface area contributed by atoms with Crippen LogP contribution in [0.3, 0.4) is 0 Å². The molecule has 1 saturated carbocycles. The van der Waals surface area contributed by atoms with Crippen LogP contribution in [-0.2, 0) is 0 Å². The second-order valence-corrected chi connectivity index (χ2v) is 6.48. The molecule has 0 bridgehead atoms. The smallest absolute Gasteiger partial charge is 0.143 e. The highest BCUT2D eigenvalue weighted by molar-refractivity contribution is 8.00. The third-order valence-electron chi connectivity index (χ3n) is 3.64. The van der Waals surface area contributed by atoms with Crippen LogP contribution >= 0.6 is 23.4 Å². The van der Waals surface area contributed by atoms with Crippen LogP contribution in [0.15, 0.2) is 12.1 Å². The lowest BCUT2D eigenvalue weighted by molar-refractivity contribution is 0.628. The lowest BCUT2D eigenvalue weighted by Gasteiger charge is -2.27. The number of anilines is 2.